The van der Waals surface area contributed by atoms with Crippen LogP contribution in [0.1, 0.15) is 11.1 Å². The average Bonchev–Trinajstić information content (AvgIpc) is 3.58. The molecule has 0 saturated carbocycles. The van der Waals surface area contributed by atoms with Gasteiger partial charge in [0.25, 0.3) is 19.1 Å². The first-order valence-electron chi connectivity index (χ1n) is 11.7. The van der Waals surface area contributed by atoms with Gasteiger partial charge < -0.3 is 5.32 Å². The van der Waals surface area contributed by atoms with Crippen molar-refractivity contribution in [3.05, 3.63) is 120 Å². The molecular weight excluding hydrogens is 528 g/mol. The van der Waals surface area contributed by atoms with E-state index in [2.05, 4.69) is 29.6 Å². The van der Waals surface area contributed by atoms with Crippen LogP contribution in [0.15, 0.2) is 119 Å². The van der Waals surface area contributed by atoms with E-state index in [0.29, 0.717) is 11.4 Å². The first kappa shape index (κ1) is 26.7. The smallest absolute Gasteiger partial charge is 0.264 e. The summed E-state index contributed by atoms with van der Waals surface area (Å²) in [4.78, 5) is 0.485. The van der Waals surface area contributed by atoms with Crippen LogP contribution < -0.4 is 9.62 Å². The van der Waals surface area contributed by atoms with E-state index in [1.807, 2.05) is 30.3 Å². The molecule has 0 aliphatic carbocycles. The lowest BCUT2D eigenvalue weighted by molar-refractivity contribution is 0.592. The molecule has 2 aliphatic rings. The predicted octanol–water partition coefficient (Wildman–Crippen LogP) is 5.71. The number of rotatable bonds is 3. The van der Waals surface area contributed by atoms with E-state index in [9.17, 15) is 16.8 Å². The van der Waals surface area contributed by atoms with Crippen LogP contribution in [0.3, 0.4) is 0 Å². The normalized spacial score (nSPS) is 13.7. The summed E-state index contributed by atoms with van der Waals surface area (Å²) >= 11 is 0. The number of halogens is 1. The van der Waals surface area contributed by atoms with E-state index >= 15 is 0 Å². The van der Waals surface area contributed by atoms with Crippen LogP contribution in [0.2, 0.25) is 0 Å². The van der Waals surface area contributed by atoms with Gasteiger partial charge in [-0.2, -0.15) is 0 Å². The van der Waals surface area contributed by atoms with E-state index in [1.54, 1.807) is 42.5 Å². The van der Waals surface area contributed by atoms with Crippen LogP contribution >= 0.6 is 10.7 Å². The lowest BCUT2D eigenvalue weighted by Crippen LogP contribution is -2.28. The van der Waals surface area contributed by atoms with Crippen molar-refractivity contribution in [3.63, 3.8) is 0 Å². The molecule has 1 N–H and O–H groups in total. The third kappa shape index (κ3) is 6.71. The van der Waals surface area contributed by atoms with Crippen molar-refractivity contribution in [3.8, 4) is 0 Å². The number of benzene rings is 4. The van der Waals surface area contributed by atoms with Gasteiger partial charge in [0.1, 0.15) is 0 Å². The Morgan fingerprint density at radius 1 is 0.622 bits per heavy atom. The highest BCUT2D eigenvalue weighted by atomic mass is 35.7. The molecule has 0 spiro atoms. The molecule has 6 nitrogen and oxygen atoms in total. The monoisotopic (exact) mass is 554 g/mol. The van der Waals surface area contributed by atoms with Gasteiger partial charge in [-0.3, -0.25) is 4.31 Å². The second-order valence-electron chi connectivity index (χ2n) is 8.35. The Balaban J connectivity index is 0.000000142. The molecule has 9 heteroatoms. The maximum Gasteiger partial charge on any atom is 0.264 e. The highest BCUT2D eigenvalue weighted by Crippen LogP contribution is 2.32. The van der Waals surface area contributed by atoms with Crippen molar-refractivity contribution in [2.75, 3.05) is 22.7 Å². The van der Waals surface area contributed by atoms with Gasteiger partial charge >= 0.3 is 0 Å². The summed E-state index contributed by atoms with van der Waals surface area (Å²) in [5.74, 6) is 0. The molecule has 2 heterocycles. The van der Waals surface area contributed by atoms with E-state index in [0.717, 1.165) is 24.2 Å². The standard InChI is InChI=1S/C14H13NO2S.C8H9N.C6H5ClO2S/c16-18(17,13-7-2-1-3-8-13)15-11-10-12-6-4-5-9-14(12)15;1-2-4-8-7(3-1)5-6-9-8;7-10(8,9)6-4-2-1-3-5-6/h1-9H,10-11H2;1-4,9H,5-6H2;1-5H. The SMILES string of the molecule is O=S(=O)(Cl)c1ccccc1.O=S(=O)(c1ccccc1)N1CCc2ccccc21.c1ccc2c(c1)CCN2. The van der Waals surface area contributed by atoms with Gasteiger partial charge in [0.05, 0.1) is 15.5 Å². The van der Waals surface area contributed by atoms with Crippen molar-refractivity contribution < 1.29 is 16.8 Å². The van der Waals surface area contributed by atoms with Crippen molar-refractivity contribution in [2.45, 2.75) is 22.6 Å². The summed E-state index contributed by atoms with van der Waals surface area (Å²) in [6.07, 6.45) is 1.97. The van der Waals surface area contributed by atoms with Crippen molar-refractivity contribution in [1.82, 2.24) is 0 Å². The molecule has 0 atom stereocenters. The fourth-order valence-electron chi connectivity index (χ4n) is 4.10. The molecule has 0 saturated heterocycles. The van der Waals surface area contributed by atoms with Gasteiger partial charge in [0.15, 0.2) is 0 Å². The van der Waals surface area contributed by atoms with Crippen LogP contribution in [-0.2, 0) is 31.9 Å². The molecule has 2 aliphatic heterocycles. The Labute approximate surface area is 223 Å². The summed E-state index contributed by atoms with van der Waals surface area (Å²) < 4.78 is 47.7. The zero-order chi connectivity index (χ0) is 26.3. The highest BCUT2D eigenvalue weighted by molar-refractivity contribution is 8.13. The number of hydrogen-bond donors (Lipinski definition) is 1. The first-order valence-corrected chi connectivity index (χ1v) is 15.5. The van der Waals surface area contributed by atoms with Gasteiger partial charge in [-0.1, -0.05) is 72.8 Å². The molecule has 0 aromatic heterocycles. The number of anilines is 2. The van der Waals surface area contributed by atoms with Crippen LogP contribution in [-0.4, -0.2) is 29.9 Å². The van der Waals surface area contributed by atoms with Crippen LogP contribution in [0.25, 0.3) is 0 Å². The summed E-state index contributed by atoms with van der Waals surface area (Å²) in [7, 11) is -1.92. The maximum atomic E-state index is 12.5. The quantitative estimate of drug-likeness (QED) is 0.328. The average molecular weight is 555 g/mol. The Kier molecular flexibility index (Phi) is 8.53. The van der Waals surface area contributed by atoms with Crippen molar-refractivity contribution in [2.24, 2.45) is 0 Å². The molecule has 0 bridgehead atoms. The second-order valence-corrected chi connectivity index (χ2v) is 12.8. The highest BCUT2D eigenvalue weighted by Gasteiger charge is 2.30. The Morgan fingerprint density at radius 3 is 1.76 bits per heavy atom. The molecule has 0 unspecified atom stereocenters. The fraction of sp³-hybridized carbons (Fsp3) is 0.143. The summed E-state index contributed by atoms with van der Waals surface area (Å²) in [5, 5.41) is 3.30. The van der Waals surface area contributed by atoms with Gasteiger partial charge in [-0.25, -0.2) is 16.8 Å². The van der Waals surface area contributed by atoms with E-state index in [1.165, 1.54) is 34.1 Å². The summed E-state index contributed by atoms with van der Waals surface area (Å²) in [6, 6.07) is 32.6. The largest absolute Gasteiger partial charge is 0.384 e. The minimum atomic E-state index is -3.53. The second kappa shape index (κ2) is 11.8. The van der Waals surface area contributed by atoms with Gasteiger partial charge in [0.2, 0.25) is 0 Å². The topological polar surface area (TPSA) is 83.5 Å². The van der Waals surface area contributed by atoms with E-state index in [-0.39, 0.29) is 4.90 Å². The van der Waals surface area contributed by atoms with Gasteiger partial charge in [-0.05, 0) is 60.4 Å². The Bertz CT molecular complexity index is 1520. The number of sulfonamides is 1. The van der Waals surface area contributed by atoms with Crippen LogP contribution in [0.5, 0.6) is 0 Å². The van der Waals surface area contributed by atoms with Gasteiger partial charge in [0, 0.05) is 29.5 Å². The first-order chi connectivity index (χ1) is 17.8. The number of para-hydroxylation sites is 2. The zero-order valence-corrected chi connectivity index (χ0v) is 22.4. The molecule has 0 fully saturated rings. The number of nitrogens with one attached hydrogen (secondary N) is 1. The van der Waals surface area contributed by atoms with Crippen LogP contribution in [0, 0.1) is 0 Å². The molecule has 4 aromatic carbocycles. The zero-order valence-electron chi connectivity index (χ0n) is 20.0. The third-order valence-electron chi connectivity index (χ3n) is 5.93. The van der Waals surface area contributed by atoms with Crippen molar-refractivity contribution in [1.29, 1.82) is 0 Å². The molecular formula is C28H27ClN2O4S2. The predicted molar refractivity (Wildman–Crippen MR) is 149 cm³/mol. The summed E-state index contributed by atoms with van der Waals surface area (Å²) in [5.41, 5.74) is 4.67. The molecule has 4 aromatic rings. The van der Waals surface area contributed by atoms with Gasteiger partial charge in [-0.15, -0.1) is 0 Å². The molecule has 192 valence electrons. The molecule has 0 amide bonds. The Morgan fingerprint density at radius 2 is 1.16 bits per heavy atom. The summed E-state index contributed by atoms with van der Waals surface area (Å²) in [6.45, 7) is 1.63. The minimum absolute atomic E-state index is 0.136. The van der Waals surface area contributed by atoms with E-state index < -0.39 is 19.1 Å². The maximum absolute atomic E-state index is 12.5. The van der Waals surface area contributed by atoms with Crippen molar-refractivity contribution >= 4 is 41.1 Å². The molecule has 0 radical (unpaired) electrons. The van der Waals surface area contributed by atoms with E-state index in [4.69, 9.17) is 10.7 Å². The third-order valence-corrected chi connectivity index (χ3v) is 9.12. The lowest BCUT2D eigenvalue weighted by Gasteiger charge is -2.19. The number of hydrogen-bond acceptors (Lipinski definition) is 5. The van der Waals surface area contributed by atoms with Crippen LogP contribution in [0.4, 0.5) is 11.4 Å². The number of nitrogens with zero attached hydrogens (tertiary/aromatic N) is 1. The number of fused-ring (bicyclic) bond motifs is 2. The minimum Gasteiger partial charge on any atom is -0.384 e. The molecule has 6 rings (SSSR count). The Hall–Kier alpha value is -3.33. The molecule has 37 heavy (non-hydrogen) atoms. The lowest BCUT2D eigenvalue weighted by atomic mass is 10.2. The fourth-order valence-corrected chi connectivity index (χ4v) is 6.42.